The lowest BCUT2D eigenvalue weighted by atomic mass is 10.5. The zero-order valence-corrected chi connectivity index (χ0v) is 6.41. The van der Waals surface area contributed by atoms with E-state index < -0.39 is 0 Å². The quantitative estimate of drug-likeness (QED) is 0.707. The molecule has 0 saturated carbocycles. The van der Waals surface area contributed by atoms with Gasteiger partial charge in [-0.25, -0.2) is 0 Å². The van der Waals surface area contributed by atoms with Crippen LogP contribution in [0, 0.1) is 0 Å². The molecule has 0 fully saturated rings. The van der Waals surface area contributed by atoms with Gasteiger partial charge in [-0.3, -0.25) is 0 Å². The van der Waals surface area contributed by atoms with Crippen molar-refractivity contribution in [2.24, 2.45) is 0 Å². The minimum Gasteiger partial charge on any atom is -0.450 e. The van der Waals surface area contributed by atoms with E-state index in [9.17, 15) is 0 Å². The molecule has 0 aromatic carbocycles. The van der Waals surface area contributed by atoms with Crippen molar-refractivity contribution in [1.82, 2.24) is 4.98 Å². The molecule has 4 heteroatoms. The van der Waals surface area contributed by atoms with Gasteiger partial charge in [-0.1, -0.05) is 6.92 Å². The molecule has 0 bridgehead atoms. The molecule has 11 heavy (non-hydrogen) atoms. The largest absolute Gasteiger partial charge is 0.450 e. The van der Waals surface area contributed by atoms with Crippen LogP contribution in [0.5, 0.6) is 6.08 Å². The summed E-state index contributed by atoms with van der Waals surface area (Å²) in [5.74, 6) is 0. The van der Waals surface area contributed by atoms with E-state index in [1.165, 1.54) is 6.26 Å². The van der Waals surface area contributed by atoms with E-state index in [2.05, 4.69) is 4.98 Å². The maximum atomic E-state index is 8.60. The van der Waals surface area contributed by atoms with Crippen LogP contribution >= 0.6 is 0 Å². The molecule has 0 saturated heterocycles. The third-order valence-electron chi connectivity index (χ3n) is 1.12. The van der Waals surface area contributed by atoms with Gasteiger partial charge in [0.25, 0.3) is 0 Å². The van der Waals surface area contributed by atoms with E-state index >= 15 is 0 Å². The average Bonchev–Trinajstić information content (AvgIpc) is 2.48. The molecule has 1 rings (SSSR count). The van der Waals surface area contributed by atoms with E-state index in [-0.39, 0.29) is 12.7 Å². The van der Waals surface area contributed by atoms with Crippen LogP contribution in [0.4, 0.5) is 0 Å². The predicted molar refractivity (Wildman–Crippen MR) is 38.2 cm³/mol. The van der Waals surface area contributed by atoms with Crippen molar-refractivity contribution in [2.45, 2.75) is 20.0 Å². The average molecular weight is 157 g/mol. The Labute approximate surface area is 64.8 Å². The van der Waals surface area contributed by atoms with Crippen molar-refractivity contribution >= 4 is 0 Å². The van der Waals surface area contributed by atoms with Crippen LogP contribution in [0.1, 0.15) is 19.0 Å². The fourth-order valence-electron chi connectivity index (χ4n) is 0.617. The summed E-state index contributed by atoms with van der Waals surface area (Å²) in [6.07, 6.45) is 2.53. The highest BCUT2D eigenvalue weighted by atomic mass is 16.6. The van der Waals surface area contributed by atoms with Crippen LogP contribution in [-0.2, 0) is 6.61 Å². The van der Waals surface area contributed by atoms with Crippen LogP contribution in [0.15, 0.2) is 10.7 Å². The Morgan fingerprint density at radius 3 is 3.09 bits per heavy atom. The number of rotatable bonds is 4. The lowest BCUT2D eigenvalue weighted by Crippen LogP contribution is -1.95. The predicted octanol–water partition coefficient (Wildman–Crippen LogP) is 0.956. The minimum absolute atomic E-state index is 0.112. The van der Waals surface area contributed by atoms with Gasteiger partial charge in [0.1, 0.15) is 12.0 Å². The van der Waals surface area contributed by atoms with Crippen molar-refractivity contribution in [3.8, 4) is 6.08 Å². The summed E-state index contributed by atoms with van der Waals surface area (Å²) in [5.41, 5.74) is 0.496. The zero-order valence-electron chi connectivity index (χ0n) is 6.41. The number of ether oxygens (including phenoxy) is 1. The van der Waals surface area contributed by atoms with E-state index in [0.29, 0.717) is 12.3 Å². The first-order valence-corrected chi connectivity index (χ1v) is 3.55. The smallest absolute Gasteiger partial charge is 0.393 e. The highest BCUT2D eigenvalue weighted by molar-refractivity contribution is 4.97. The van der Waals surface area contributed by atoms with Gasteiger partial charge in [-0.05, 0) is 6.42 Å². The molecule has 1 aromatic rings. The van der Waals surface area contributed by atoms with Gasteiger partial charge >= 0.3 is 6.08 Å². The maximum Gasteiger partial charge on any atom is 0.393 e. The normalized spacial score (nSPS) is 10.0. The maximum absolute atomic E-state index is 8.60. The first-order chi connectivity index (χ1) is 5.36. The Hall–Kier alpha value is -1.03. The third-order valence-corrected chi connectivity index (χ3v) is 1.12. The Balaban J connectivity index is 2.44. The number of nitrogens with zero attached hydrogens (tertiary/aromatic N) is 1. The summed E-state index contributed by atoms with van der Waals surface area (Å²) in [7, 11) is 0. The fourth-order valence-corrected chi connectivity index (χ4v) is 0.617. The molecule has 0 spiro atoms. The van der Waals surface area contributed by atoms with Crippen LogP contribution in [0.2, 0.25) is 0 Å². The highest BCUT2D eigenvalue weighted by Gasteiger charge is 2.01. The number of aliphatic hydroxyl groups excluding tert-OH is 1. The highest BCUT2D eigenvalue weighted by Crippen LogP contribution is 2.09. The zero-order chi connectivity index (χ0) is 8.10. The third kappa shape index (κ3) is 2.23. The number of aliphatic hydroxyl groups is 1. The monoisotopic (exact) mass is 157 g/mol. The molecule has 1 N–H and O–H groups in total. The molecule has 0 atom stereocenters. The van der Waals surface area contributed by atoms with Crippen molar-refractivity contribution in [3.05, 3.63) is 12.0 Å². The minimum atomic E-state index is -0.112. The van der Waals surface area contributed by atoms with Crippen LogP contribution in [-0.4, -0.2) is 16.7 Å². The summed E-state index contributed by atoms with van der Waals surface area (Å²) in [6, 6.07) is 0. The van der Waals surface area contributed by atoms with Crippen LogP contribution < -0.4 is 4.74 Å². The molecule has 0 radical (unpaired) electrons. The molecule has 1 aromatic heterocycles. The second-order valence-electron chi connectivity index (χ2n) is 2.11. The van der Waals surface area contributed by atoms with E-state index in [1.807, 2.05) is 6.92 Å². The summed E-state index contributed by atoms with van der Waals surface area (Å²) in [6.45, 7) is 2.47. The second kappa shape index (κ2) is 3.98. The molecular weight excluding hydrogens is 146 g/mol. The summed E-state index contributed by atoms with van der Waals surface area (Å²) in [5, 5.41) is 8.60. The molecule has 0 amide bonds. The first kappa shape index (κ1) is 8.07. The van der Waals surface area contributed by atoms with Gasteiger partial charge in [-0.15, -0.1) is 0 Å². The summed E-state index contributed by atoms with van der Waals surface area (Å²) in [4.78, 5) is 3.83. The lowest BCUT2D eigenvalue weighted by molar-refractivity contribution is 0.230. The van der Waals surface area contributed by atoms with Gasteiger partial charge < -0.3 is 14.3 Å². The Bertz CT molecular complexity index is 209. The summed E-state index contributed by atoms with van der Waals surface area (Å²) < 4.78 is 9.91. The SMILES string of the molecule is CCCOc1nc(CO)co1. The van der Waals surface area contributed by atoms with Gasteiger partial charge in [0.15, 0.2) is 0 Å². The molecule has 1 heterocycles. The molecule has 0 aliphatic heterocycles. The Morgan fingerprint density at radius 1 is 1.73 bits per heavy atom. The van der Waals surface area contributed by atoms with Gasteiger partial charge in [0.2, 0.25) is 0 Å². The first-order valence-electron chi connectivity index (χ1n) is 3.55. The molecule has 0 unspecified atom stereocenters. The van der Waals surface area contributed by atoms with Crippen molar-refractivity contribution in [2.75, 3.05) is 6.61 Å². The van der Waals surface area contributed by atoms with Crippen LogP contribution in [0.3, 0.4) is 0 Å². The molecule has 4 nitrogen and oxygen atoms in total. The molecular formula is C7H11NO3. The van der Waals surface area contributed by atoms with Crippen LogP contribution in [0.25, 0.3) is 0 Å². The van der Waals surface area contributed by atoms with Crippen molar-refractivity contribution < 1.29 is 14.3 Å². The van der Waals surface area contributed by atoms with E-state index in [1.54, 1.807) is 0 Å². The number of hydrogen-bond acceptors (Lipinski definition) is 4. The molecule has 62 valence electrons. The van der Waals surface area contributed by atoms with Crippen molar-refractivity contribution in [1.29, 1.82) is 0 Å². The lowest BCUT2D eigenvalue weighted by Gasteiger charge is -1.94. The number of oxazole rings is 1. The van der Waals surface area contributed by atoms with E-state index in [0.717, 1.165) is 6.42 Å². The fraction of sp³-hybridized carbons (Fsp3) is 0.571. The summed E-state index contributed by atoms with van der Waals surface area (Å²) >= 11 is 0. The van der Waals surface area contributed by atoms with Crippen molar-refractivity contribution in [3.63, 3.8) is 0 Å². The Kier molecular flexibility index (Phi) is 2.92. The standard InChI is InChI=1S/C7H11NO3/c1-2-3-10-7-8-6(4-9)5-11-7/h5,9H,2-4H2,1H3. The Morgan fingerprint density at radius 2 is 2.55 bits per heavy atom. The number of hydrogen-bond donors (Lipinski definition) is 1. The van der Waals surface area contributed by atoms with Gasteiger partial charge in [-0.2, -0.15) is 4.98 Å². The van der Waals surface area contributed by atoms with Gasteiger partial charge in [0, 0.05) is 0 Å². The topological polar surface area (TPSA) is 55.5 Å². The second-order valence-corrected chi connectivity index (χ2v) is 2.11. The van der Waals surface area contributed by atoms with E-state index in [4.69, 9.17) is 14.3 Å². The molecule has 0 aliphatic carbocycles. The van der Waals surface area contributed by atoms with Gasteiger partial charge in [0.05, 0.1) is 13.2 Å². The molecule has 0 aliphatic rings. The number of aromatic nitrogens is 1.